The molecular weight excluding hydrogens is 242 g/mol. The highest BCUT2D eigenvalue weighted by molar-refractivity contribution is 5.69. The monoisotopic (exact) mass is 267 g/mol. The third kappa shape index (κ3) is 3.48. The van der Waals surface area contributed by atoms with Gasteiger partial charge in [0.1, 0.15) is 11.9 Å². The quantitative estimate of drug-likeness (QED) is 0.783. The highest BCUT2D eigenvalue weighted by Gasteiger charge is 2.44. The Labute approximate surface area is 115 Å². The number of nitrogens with one attached hydrogen (secondary N) is 1. The molecule has 1 amide bonds. The van der Waals surface area contributed by atoms with Crippen molar-refractivity contribution < 1.29 is 14.3 Å². The number of carbonyl (C=O) groups excluding carboxylic acids is 2. The molecule has 0 aromatic carbocycles. The van der Waals surface area contributed by atoms with Gasteiger partial charge in [-0.1, -0.05) is 19.3 Å². The standard InChI is InChI=1S/C15H25NO3/c1-15(2,3)19-14(18)16-13-8-10-6-4-5-7-11(10)12(13)9-17/h9-13H,4-8H2,1-3H3,(H,16,18)/t10-,11+,12-,13+/m1/s1. The van der Waals surface area contributed by atoms with E-state index in [-0.39, 0.29) is 12.0 Å². The van der Waals surface area contributed by atoms with Gasteiger partial charge in [0.05, 0.1) is 0 Å². The number of fused-ring (bicyclic) bond motifs is 1. The van der Waals surface area contributed by atoms with Gasteiger partial charge in [-0.05, 0) is 45.4 Å². The number of carbonyl (C=O) groups is 2. The van der Waals surface area contributed by atoms with E-state index < -0.39 is 11.7 Å². The van der Waals surface area contributed by atoms with Crippen molar-refractivity contribution in [1.82, 2.24) is 5.32 Å². The first-order valence-corrected chi connectivity index (χ1v) is 7.35. The Morgan fingerprint density at radius 1 is 1.26 bits per heavy atom. The molecule has 0 heterocycles. The lowest BCUT2D eigenvalue weighted by Crippen LogP contribution is -2.42. The summed E-state index contributed by atoms with van der Waals surface area (Å²) >= 11 is 0. The number of ether oxygens (including phenoxy) is 1. The molecule has 0 aliphatic heterocycles. The van der Waals surface area contributed by atoms with Gasteiger partial charge in [-0.3, -0.25) is 0 Å². The van der Waals surface area contributed by atoms with Gasteiger partial charge in [0.15, 0.2) is 0 Å². The van der Waals surface area contributed by atoms with Crippen LogP contribution in [0.5, 0.6) is 0 Å². The zero-order chi connectivity index (χ0) is 14.0. The summed E-state index contributed by atoms with van der Waals surface area (Å²) in [6.45, 7) is 5.54. The maximum atomic E-state index is 11.8. The zero-order valence-electron chi connectivity index (χ0n) is 12.1. The minimum atomic E-state index is -0.494. The van der Waals surface area contributed by atoms with Crippen LogP contribution >= 0.6 is 0 Å². The summed E-state index contributed by atoms with van der Waals surface area (Å²) in [5, 5.41) is 2.90. The van der Waals surface area contributed by atoms with Gasteiger partial charge < -0.3 is 14.8 Å². The summed E-state index contributed by atoms with van der Waals surface area (Å²) in [5.74, 6) is 1.04. The lowest BCUT2D eigenvalue weighted by molar-refractivity contribution is -0.112. The molecule has 108 valence electrons. The van der Waals surface area contributed by atoms with Crippen molar-refractivity contribution in [3.05, 3.63) is 0 Å². The van der Waals surface area contributed by atoms with Crippen molar-refractivity contribution in [2.24, 2.45) is 17.8 Å². The molecule has 4 heteroatoms. The van der Waals surface area contributed by atoms with Gasteiger partial charge in [-0.2, -0.15) is 0 Å². The molecule has 19 heavy (non-hydrogen) atoms. The Kier molecular flexibility index (Phi) is 4.16. The summed E-state index contributed by atoms with van der Waals surface area (Å²) in [4.78, 5) is 23.2. The Hall–Kier alpha value is -1.06. The van der Waals surface area contributed by atoms with Crippen molar-refractivity contribution in [3.63, 3.8) is 0 Å². The molecule has 2 saturated carbocycles. The second-order valence-electron chi connectivity index (χ2n) is 6.91. The molecule has 4 nitrogen and oxygen atoms in total. The van der Waals surface area contributed by atoms with Gasteiger partial charge in [-0.15, -0.1) is 0 Å². The van der Waals surface area contributed by atoms with Crippen LogP contribution < -0.4 is 5.32 Å². The molecule has 0 aromatic heterocycles. The molecule has 2 rings (SSSR count). The molecule has 0 radical (unpaired) electrons. The highest BCUT2D eigenvalue weighted by atomic mass is 16.6. The molecular formula is C15H25NO3. The minimum Gasteiger partial charge on any atom is -0.444 e. The number of amides is 1. The molecule has 0 bridgehead atoms. The van der Waals surface area contributed by atoms with Crippen LogP contribution in [0.3, 0.4) is 0 Å². The molecule has 0 unspecified atom stereocenters. The van der Waals surface area contributed by atoms with Crippen molar-refractivity contribution in [2.75, 3.05) is 0 Å². The molecule has 4 atom stereocenters. The largest absolute Gasteiger partial charge is 0.444 e. The summed E-state index contributed by atoms with van der Waals surface area (Å²) in [6, 6.07) is -0.0413. The maximum absolute atomic E-state index is 11.8. The van der Waals surface area contributed by atoms with E-state index in [4.69, 9.17) is 4.74 Å². The zero-order valence-corrected chi connectivity index (χ0v) is 12.1. The molecule has 0 aromatic rings. The van der Waals surface area contributed by atoms with E-state index in [0.717, 1.165) is 19.1 Å². The lowest BCUT2D eigenvalue weighted by Gasteiger charge is -2.27. The van der Waals surface area contributed by atoms with Crippen molar-refractivity contribution in [3.8, 4) is 0 Å². The summed E-state index contributed by atoms with van der Waals surface area (Å²) in [5.41, 5.74) is -0.494. The number of alkyl carbamates (subject to hydrolysis) is 1. The Balaban J connectivity index is 1.96. The van der Waals surface area contributed by atoms with Crippen molar-refractivity contribution >= 4 is 12.4 Å². The normalized spacial score (nSPS) is 34.5. The summed E-state index contributed by atoms with van der Waals surface area (Å²) < 4.78 is 5.28. The molecule has 2 fully saturated rings. The molecule has 2 aliphatic rings. The fraction of sp³-hybridized carbons (Fsp3) is 0.867. The third-order valence-electron chi connectivity index (χ3n) is 4.34. The van der Waals surface area contributed by atoms with Crippen LogP contribution in [-0.2, 0) is 9.53 Å². The van der Waals surface area contributed by atoms with Gasteiger partial charge in [0.2, 0.25) is 0 Å². The van der Waals surface area contributed by atoms with Crippen molar-refractivity contribution in [1.29, 1.82) is 0 Å². The number of rotatable bonds is 2. The predicted octanol–water partition coefficient (Wildman–Crippen LogP) is 2.90. The predicted molar refractivity (Wildman–Crippen MR) is 72.8 cm³/mol. The first-order chi connectivity index (χ1) is 8.90. The lowest BCUT2D eigenvalue weighted by atomic mass is 9.78. The van der Waals surface area contributed by atoms with E-state index in [2.05, 4.69) is 5.32 Å². The van der Waals surface area contributed by atoms with Crippen LogP contribution in [0.4, 0.5) is 4.79 Å². The number of hydrogen-bond acceptors (Lipinski definition) is 3. The van der Waals surface area contributed by atoms with E-state index in [1.165, 1.54) is 19.3 Å². The molecule has 1 N–H and O–H groups in total. The number of hydrogen-bond donors (Lipinski definition) is 1. The SMILES string of the molecule is CC(C)(C)OC(=O)N[C@H]1C[C@H]2CCCC[C@@H]2[C@H]1C=O. The van der Waals surface area contributed by atoms with Gasteiger partial charge >= 0.3 is 6.09 Å². The highest BCUT2D eigenvalue weighted by Crippen LogP contribution is 2.45. The van der Waals surface area contributed by atoms with E-state index in [9.17, 15) is 9.59 Å². The topological polar surface area (TPSA) is 55.4 Å². The van der Waals surface area contributed by atoms with Gasteiger partial charge in [0, 0.05) is 12.0 Å². The van der Waals surface area contributed by atoms with E-state index >= 15 is 0 Å². The second kappa shape index (κ2) is 5.51. The smallest absolute Gasteiger partial charge is 0.407 e. The van der Waals surface area contributed by atoms with Gasteiger partial charge in [-0.25, -0.2) is 4.79 Å². The van der Waals surface area contributed by atoms with E-state index in [1.807, 2.05) is 20.8 Å². The maximum Gasteiger partial charge on any atom is 0.407 e. The Morgan fingerprint density at radius 2 is 1.95 bits per heavy atom. The van der Waals surface area contributed by atoms with Crippen LogP contribution in [0.1, 0.15) is 52.9 Å². The fourth-order valence-electron chi connectivity index (χ4n) is 3.63. The first kappa shape index (κ1) is 14.4. The van der Waals surface area contributed by atoms with E-state index in [1.54, 1.807) is 0 Å². The summed E-state index contributed by atoms with van der Waals surface area (Å²) in [6.07, 6.45) is 6.35. The molecule has 0 saturated heterocycles. The Morgan fingerprint density at radius 3 is 2.58 bits per heavy atom. The van der Waals surface area contributed by atoms with Gasteiger partial charge in [0.25, 0.3) is 0 Å². The number of aldehydes is 1. The summed E-state index contributed by atoms with van der Waals surface area (Å²) in [7, 11) is 0. The molecule has 2 aliphatic carbocycles. The van der Waals surface area contributed by atoms with Crippen LogP contribution in [-0.4, -0.2) is 24.0 Å². The molecule has 0 spiro atoms. The average Bonchev–Trinajstić information content (AvgIpc) is 2.63. The van der Waals surface area contributed by atoms with Crippen LogP contribution in [0.25, 0.3) is 0 Å². The Bertz CT molecular complexity index is 348. The van der Waals surface area contributed by atoms with Crippen molar-refractivity contribution in [2.45, 2.75) is 64.5 Å². The van der Waals surface area contributed by atoms with E-state index in [0.29, 0.717) is 11.8 Å². The fourth-order valence-corrected chi connectivity index (χ4v) is 3.63. The van der Waals surface area contributed by atoms with Crippen LogP contribution in [0.2, 0.25) is 0 Å². The van der Waals surface area contributed by atoms with Crippen LogP contribution in [0, 0.1) is 17.8 Å². The van der Waals surface area contributed by atoms with Crippen LogP contribution in [0.15, 0.2) is 0 Å². The second-order valence-corrected chi connectivity index (χ2v) is 6.91. The third-order valence-corrected chi connectivity index (χ3v) is 4.34. The average molecular weight is 267 g/mol. The minimum absolute atomic E-state index is 0.0298. The first-order valence-electron chi connectivity index (χ1n) is 7.35.